The number of quaternary nitrogens is 1. The Morgan fingerprint density at radius 1 is 0.914 bits per heavy atom. The first-order chi connectivity index (χ1) is 16.7. The van der Waals surface area contributed by atoms with E-state index in [1.807, 2.05) is 35.0 Å². The van der Waals surface area contributed by atoms with Crippen LogP contribution in [0.4, 0.5) is 4.79 Å². The van der Waals surface area contributed by atoms with E-state index in [9.17, 15) is 9.59 Å². The van der Waals surface area contributed by atoms with Crippen molar-refractivity contribution in [3.05, 3.63) is 35.9 Å². The van der Waals surface area contributed by atoms with Crippen LogP contribution in [0.5, 0.6) is 0 Å². The monoisotopic (exact) mass is 492 g/mol. The van der Waals surface area contributed by atoms with Crippen LogP contribution in [0.3, 0.4) is 0 Å². The molecule has 0 radical (unpaired) electrons. The standard InChI is InChI=1S/C28H49N3O4/c1-24(2)23-35-27(32)21-26(22-31(3,4)5)30-28(33)29-18-12-6-7-13-19-34-20-14-11-17-25-15-9-8-10-16-25/h8-10,15-16,24,26H,6-7,11-14,17-23H2,1-5H3,(H-,29,30,33)/p+1. The number of rotatable bonds is 19. The zero-order chi connectivity index (χ0) is 25.9. The Morgan fingerprint density at radius 3 is 2.23 bits per heavy atom. The molecule has 0 saturated carbocycles. The maximum absolute atomic E-state index is 12.3. The highest BCUT2D eigenvalue weighted by Gasteiger charge is 2.23. The number of urea groups is 1. The van der Waals surface area contributed by atoms with Crippen LogP contribution < -0.4 is 10.6 Å². The normalized spacial score (nSPS) is 12.4. The average molecular weight is 493 g/mol. The van der Waals surface area contributed by atoms with Crippen LogP contribution in [0, 0.1) is 5.92 Å². The van der Waals surface area contributed by atoms with Gasteiger partial charge in [-0.25, -0.2) is 4.79 Å². The number of esters is 1. The summed E-state index contributed by atoms with van der Waals surface area (Å²) in [5, 5.41) is 5.87. The number of aryl methyl sites for hydroxylation is 1. The van der Waals surface area contributed by atoms with Crippen LogP contribution in [-0.2, 0) is 20.7 Å². The van der Waals surface area contributed by atoms with E-state index >= 15 is 0 Å². The Kier molecular flexibility index (Phi) is 16.1. The molecule has 1 atom stereocenters. The first-order valence-corrected chi connectivity index (χ1v) is 13.3. The van der Waals surface area contributed by atoms with E-state index < -0.39 is 0 Å². The molecular formula is C28H50N3O4+. The molecule has 1 unspecified atom stereocenters. The number of likely N-dealkylation sites (N-methyl/N-ethyl adjacent to an activating group) is 1. The number of unbranched alkanes of at least 4 members (excludes halogenated alkanes) is 4. The van der Waals surface area contributed by atoms with Gasteiger partial charge in [0.05, 0.1) is 46.8 Å². The lowest BCUT2D eigenvalue weighted by Crippen LogP contribution is -2.52. The smallest absolute Gasteiger partial charge is 0.315 e. The molecule has 0 aromatic heterocycles. The van der Waals surface area contributed by atoms with Gasteiger partial charge in [0.2, 0.25) is 0 Å². The fourth-order valence-electron chi connectivity index (χ4n) is 3.74. The molecule has 7 heteroatoms. The predicted octanol–water partition coefficient (Wildman–Crippen LogP) is 4.55. The summed E-state index contributed by atoms with van der Waals surface area (Å²) in [5.41, 5.74) is 1.39. The summed E-state index contributed by atoms with van der Waals surface area (Å²) in [6, 6.07) is 10.1. The molecule has 2 N–H and O–H groups in total. The zero-order valence-corrected chi connectivity index (χ0v) is 22.8. The van der Waals surface area contributed by atoms with Crippen molar-refractivity contribution in [3.8, 4) is 0 Å². The molecule has 0 bridgehead atoms. The van der Waals surface area contributed by atoms with Gasteiger partial charge < -0.3 is 24.6 Å². The molecule has 0 fully saturated rings. The van der Waals surface area contributed by atoms with Gasteiger partial charge in [0.1, 0.15) is 0 Å². The van der Waals surface area contributed by atoms with Crippen molar-refractivity contribution < 1.29 is 23.5 Å². The molecule has 0 aliphatic rings. The number of hydrogen-bond acceptors (Lipinski definition) is 4. The molecule has 200 valence electrons. The number of carbonyl (C=O) groups excluding carboxylic acids is 2. The fourth-order valence-corrected chi connectivity index (χ4v) is 3.74. The summed E-state index contributed by atoms with van der Waals surface area (Å²) < 4.78 is 11.7. The second-order valence-corrected chi connectivity index (χ2v) is 10.8. The van der Waals surface area contributed by atoms with Gasteiger partial charge in [-0.3, -0.25) is 4.79 Å². The van der Waals surface area contributed by atoms with E-state index in [1.54, 1.807) is 0 Å². The molecule has 1 rings (SSSR count). The number of amides is 2. The van der Waals surface area contributed by atoms with Gasteiger partial charge in [-0.2, -0.15) is 0 Å². The van der Waals surface area contributed by atoms with Gasteiger partial charge in [0, 0.05) is 19.8 Å². The van der Waals surface area contributed by atoms with Gasteiger partial charge in [-0.05, 0) is 43.6 Å². The Labute approximate surface area is 213 Å². The van der Waals surface area contributed by atoms with E-state index in [1.165, 1.54) is 5.56 Å². The molecule has 0 saturated heterocycles. The van der Waals surface area contributed by atoms with Gasteiger partial charge in [-0.1, -0.05) is 57.0 Å². The SMILES string of the molecule is CC(C)COC(=O)CC(C[N+](C)(C)C)NC(=O)NCCCCCCOCCCCc1ccccc1. The van der Waals surface area contributed by atoms with E-state index in [-0.39, 0.29) is 24.5 Å². The molecule has 0 aliphatic carbocycles. The average Bonchev–Trinajstić information content (AvgIpc) is 2.78. The number of carbonyl (C=O) groups is 2. The summed E-state index contributed by atoms with van der Waals surface area (Å²) >= 11 is 0. The van der Waals surface area contributed by atoms with E-state index in [0.29, 0.717) is 30.1 Å². The summed E-state index contributed by atoms with van der Waals surface area (Å²) in [5.74, 6) is 0.0272. The van der Waals surface area contributed by atoms with E-state index in [0.717, 1.165) is 58.2 Å². The maximum atomic E-state index is 12.3. The maximum Gasteiger partial charge on any atom is 0.315 e. The van der Waals surface area contributed by atoms with Gasteiger partial charge in [-0.15, -0.1) is 0 Å². The lowest BCUT2D eigenvalue weighted by atomic mass is 10.1. The summed E-state index contributed by atoms with van der Waals surface area (Å²) in [6.45, 7) is 7.32. The number of hydrogen-bond donors (Lipinski definition) is 2. The summed E-state index contributed by atoms with van der Waals surface area (Å²) in [7, 11) is 6.13. The second kappa shape index (κ2) is 18.2. The molecule has 1 aromatic rings. The van der Waals surface area contributed by atoms with Crippen LogP contribution >= 0.6 is 0 Å². The highest BCUT2D eigenvalue weighted by molar-refractivity contribution is 5.76. The first kappa shape index (κ1) is 30.9. The Balaban J connectivity index is 2.06. The lowest BCUT2D eigenvalue weighted by Gasteiger charge is -2.29. The first-order valence-electron chi connectivity index (χ1n) is 13.3. The number of nitrogens with one attached hydrogen (secondary N) is 2. The third-order valence-corrected chi connectivity index (χ3v) is 5.44. The molecule has 2 amide bonds. The number of nitrogens with zero attached hydrogens (tertiary/aromatic N) is 1. The minimum absolute atomic E-state index is 0.182. The fraction of sp³-hybridized carbons (Fsp3) is 0.714. The van der Waals surface area contributed by atoms with Crippen LogP contribution in [0.1, 0.15) is 64.4 Å². The van der Waals surface area contributed by atoms with E-state index in [2.05, 4.69) is 41.0 Å². The van der Waals surface area contributed by atoms with Gasteiger partial charge >= 0.3 is 12.0 Å². The Bertz CT molecular complexity index is 689. The molecule has 0 aliphatic heterocycles. The topological polar surface area (TPSA) is 76.7 Å². The largest absolute Gasteiger partial charge is 0.465 e. The van der Waals surface area contributed by atoms with Crippen molar-refractivity contribution >= 4 is 12.0 Å². The molecule has 0 heterocycles. The minimum Gasteiger partial charge on any atom is -0.465 e. The zero-order valence-electron chi connectivity index (χ0n) is 22.8. The van der Waals surface area contributed by atoms with Crippen LogP contribution in [0.2, 0.25) is 0 Å². The predicted molar refractivity (Wildman–Crippen MR) is 142 cm³/mol. The van der Waals surface area contributed by atoms with Crippen molar-refractivity contribution in [1.82, 2.24) is 10.6 Å². The summed E-state index contributed by atoms with van der Waals surface area (Å²) in [6.07, 6.45) is 7.69. The third kappa shape index (κ3) is 18.8. The summed E-state index contributed by atoms with van der Waals surface area (Å²) in [4.78, 5) is 24.5. The van der Waals surface area contributed by atoms with Crippen LogP contribution in [0.25, 0.3) is 0 Å². The Morgan fingerprint density at radius 2 is 1.57 bits per heavy atom. The van der Waals surface area contributed by atoms with Crippen molar-refractivity contribution in [2.75, 3.05) is 54.1 Å². The minimum atomic E-state index is -0.268. The highest BCUT2D eigenvalue weighted by atomic mass is 16.5. The van der Waals surface area contributed by atoms with Gasteiger partial charge in [0.25, 0.3) is 0 Å². The van der Waals surface area contributed by atoms with Crippen molar-refractivity contribution in [2.24, 2.45) is 5.92 Å². The van der Waals surface area contributed by atoms with Crippen LogP contribution in [-0.4, -0.2) is 76.6 Å². The molecule has 7 nitrogen and oxygen atoms in total. The molecule has 0 spiro atoms. The van der Waals surface area contributed by atoms with Crippen molar-refractivity contribution in [2.45, 2.75) is 71.3 Å². The molecule has 35 heavy (non-hydrogen) atoms. The number of ether oxygens (including phenoxy) is 2. The Hall–Kier alpha value is -2.12. The number of benzene rings is 1. The third-order valence-electron chi connectivity index (χ3n) is 5.44. The quantitative estimate of drug-likeness (QED) is 0.169. The van der Waals surface area contributed by atoms with Gasteiger partial charge in [0.15, 0.2) is 0 Å². The van der Waals surface area contributed by atoms with Crippen molar-refractivity contribution in [1.29, 1.82) is 0 Å². The lowest BCUT2D eigenvalue weighted by molar-refractivity contribution is -0.871. The second-order valence-electron chi connectivity index (χ2n) is 10.8. The van der Waals surface area contributed by atoms with Crippen molar-refractivity contribution in [3.63, 3.8) is 0 Å². The van der Waals surface area contributed by atoms with E-state index in [4.69, 9.17) is 9.47 Å². The molecular weight excluding hydrogens is 442 g/mol. The molecule has 1 aromatic carbocycles. The van der Waals surface area contributed by atoms with Crippen LogP contribution in [0.15, 0.2) is 30.3 Å². The highest BCUT2D eigenvalue weighted by Crippen LogP contribution is 2.06.